The van der Waals surface area contributed by atoms with Crippen molar-refractivity contribution in [3.63, 3.8) is 0 Å². The second-order valence-electron chi connectivity index (χ2n) is 6.88. The van der Waals surface area contributed by atoms with E-state index in [-0.39, 0.29) is 0 Å². The molecule has 3 heteroatoms. The van der Waals surface area contributed by atoms with Crippen LogP contribution in [0.25, 0.3) is 0 Å². The zero-order chi connectivity index (χ0) is 13.0. The molecule has 0 radical (unpaired) electrons. The zero-order valence-corrected chi connectivity index (χ0v) is 12.5. The SMILES string of the molecule is CN1CCC(C)(CNCC2CCCCN2C)CC1. The number of nitrogens with zero attached hydrogens (tertiary/aromatic N) is 2. The highest BCUT2D eigenvalue weighted by atomic mass is 15.2. The van der Waals surface area contributed by atoms with Crippen LogP contribution >= 0.6 is 0 Å². The highest BCUT2D eigenvalue weighted by molar-refractivity contribution is 4.84. The van der Waals surface area contributed by atoms with Gasteiger partial charge in [0.1, 0.15) is 0 Å². The van der Waals surface area contributed by atoms with Gasteiger partial charge in [-0.05, 0) is 64.8 Å². The minimum Gasteiger partial charge on any atom is -0.315 e. The number of nitrogens with one attached hydrogen (secondary N) is 1. The molecular weight excluding hydrogens is 222 g/mol. The van der Waals surface area contributed by atoms with Crippen LogP contribution in [0.5, 0.6) is 0 Å². The Kier molecular flexibility index (Phi) is 5.05. The summed E-state index contributed by atoms with van der Waals surface area (Å²) in [6, 6.07) is 0.772. The van der Waals surface area contributed by atoms with Gasteiger partial charge in [0, 0.05) is 19.1 Å². The van der Waals surface area contributed by atoms with E-state index in [1.54, 1.807) is 0 Å². The van der Waals surface area contributed by atoms with Gasteiger partial charge >= 0.3 is 0 Å². The number of piperidine rings is 2. The van der Waals surface area contributed by atoms with Crippen molar-refractivity contribution in [3.8, 4) is 0 Å². The maximum atomic E-state index is 3.75. The predicted octanol–water partition coefficient (Wildman–Crippen LogP) is 1.79. The van der Waals surface area contributed by atoms with E-state index in [1.165, 1.54) is 64.8 Å². The average molecular weight is 253 g/mol. The fourth-order valence-corrected chi connectivity index (χ4v) is 3.28. The van der Waals surface area contributed by atoms with Gasteiger partial charge in [-0.3, -0.25) is 0 Å². The number of likely N-dealkylation sites (N-methyl/N-ethyl adjacent to an activating group) is 1. The van der Waals surface area contributed by atoms with Crippen molar-refractivity contribution >= 4 is 0 Å². The number of likely N-dealkylation sites (tertiary alicyclic amines) is 2. The molecule has 2 heterocycles. The number of hydrogen-bond donors (Lipinski definition) is 1. The zero-order valence-electron chi connectivity index (χ0n) is 12.5. The second-order valence-corrected chi connectivity index (χ2v) is 6.88. The fraction of sp³-hybridized carbons (Fsp3) is 1.00. The van der Waals surface area contributed by atoms with Crippen LogP contribution < -0.4 is 5.32 Å². The van der Waals surface area contributed by atoms with E-state index < -0.39 is 0 Å². The third kappa shape index (κ3) is 3.94. The third-order valence-corrected chi connectivity index (χ3v) is 5.05. The molecular formula is C15H31N3. The summed E-state index contributed by atoms with van der Waals surface area (Å²) in [4.78, 5) is 4.99. The van der Waals surface area contributed by atoms with Crippen LogP contribution in [0.15, 0.2) is 0 Å². The van der Waals surface area contributed by atoms with Gasteiger partial charge in [-0.15, -0.1) is 0 Å². The van der Waals surface area contributed by atoms with Crippen LogP contribution in [0.3, 0.4) is 0 Å². The molecule has 3 nitrogen and oxygen atoms in total. The van der Waals surface area contributed by atoms with E-state index in [4.69, 9.17) is 0 Å². The Balaban J connectivity index is 1.68. The summed E-state index contributed by atoms with van der Waals surface area (Å²) in [6.45, 7) is 8.65. The summed E-state index contributed by atoms with van der Waals surface area (Å²) in [6.07, 6.45) is 6.87. The molecule has 2 aliphatic rings. The lowest BCUT2D eigenvalue weighted by molar-refractivity contribution is 0.128. The summed E-state index contributed by atoms with van der Waals surface area (Å²) in [5.74, 6) is 0. The Morgan fingerprint density at radius 3 is 2.50 bits per heavy atom. The monoisotopic (exact) mass is 253 g/mol. The van der Waals surface area contributed by atoms with E-state index in [0.29, 0.717) is 5.41 Å². The first-order chi connectivity index (χ1) is 8.59. The van der Waals surface area contributed by atoms with Crippen molar-refractivity contribution in [1.29, 1.82) is 0 Å². The normalized spacial score (nSPS) is 30.5. The van der Waals surface area contributed by atoms with Crippen LogP contribution in [-0.4, -0.2) is 62.7 Å². The molecule has 0 aromatic carbocycles. The molecule has 0 aromatic rings. The summed E-state index contributed by atoms with van der Waals surface area (Å²) < 4.78 is 0. The van der Waals surface area contributed by atoms with Gasteiger partial charge < -0.3 is 15.1 Å². The molecule has 0 aliphatic carbocycles. The minimum atomic E-state index is 0.528. The topological polar surface area (TPSA) is 18.5 Å². The van der Waals surface area contributed by atoms with Crippen LogP contribution in [0, 0.1) is 5.41 Å². The van der Waals surface area contributed by atoms with Crippen molar-refractivity contribution in [2.24, 2.45) is 5.41 Å². The molecule has 2 aliphatic heterocycles. The van der Waals surface area contributed by atoms with Gasteiger partial charge in [-0.25, -0.2) is 0 Å². The van der Waals surface area contributed by atoms with Gasteiger partial charge in [0.25, 0.3) is 0 Å². The lowest BCUT2D eigenvalue weighted by atomic mass is 9.80. The maximum absolute atomic E-state index is 3.75. The van der Waals surface area contributed by atoms with Gasteiger partial charge in [-0.1, -0.05) is 13.3 Å². The van der Waals surface area contributed by atoms with Crippen molar-refractivity contribution in [1.82, 2.24) is 15.1 Å². The van der Waals surface area contributed by atoms with Crippen molar-refractivity contribution < 1.29 is 0 Å². The molecule has 18 heavy (non-hydrogen) atoms. The van der Waals surface area contributed by atoms with Crippen LogP contribution in [-0.2, 0) is 0 Å². The average Bonchev–Trinajstić information content (AvgIpc) is 2.36. The Morgan fingerprint density at radius 1 is 1.11 bits per heavy atom. The molecule has 0 saturated carbocycles. The molecule has 0 amide bonds. The molecule has 2 rings (SSSR count). The first kappa shape index (κ1) is 14.3. The molecule has 2 fully saturated rings. The van der Waals surface area contributed by atoms with Crippen LogP contribution in [0.4, 0.5) is 0 Å². The van der Waals surface area contributed by atoms with Crippen molar-refractivity contribution in [3.05, 3.63) is 0 Å². The molecule has 1 atom stereocenters. The van der Waals surface area contributed by atoms with Crippen LogP contribution in [0.1, 0.15) is 39.0 Å². The summed E-state index contributed by atoms with van der Waals surface area (Å²) >= 11 is 0. The number of rotatable bonds is 4. The lowest BCUT2D eigenvalue weighted by Gasteiger charge is -2.39. The van der Waals surface area contributed by atoms with Crippen LogP contribution in [0.2, 0.25) is 0 Å². The standard InChI is InChI=1S/C15H31N3/c1-15(7-10-17(2)11-8-15)13-16-12-14-6-4-5-9-18(14)3/h14,16H,4-13H2,1-3H3. The Bertz CT molecular complexity index is 246. The maximum Gasteiger partial charge on any atom is 0.0217 e. The molecule has 2 saturated heterocycles. The molecule has 1 N–H and O–H groups in total. The Morgan fingerprint density at radius 2 is 1.83 bits per heavy atom. The predicted molar refractivity (Wildman–Crippen MR) is 78.0 cm³/mol. The molecule has 0 spiro atoms. The second kappa shape index (κ2) is 6.36. The first-order valence-corrected chi connectivity index (χ1v) is 7.69. The van der Waals surface area contributed by atoms with Gasteiger partial charge in [0.2, 0.25) is 0 Å². The summed E-state index contributed by atoms with van der Waals surface area (Å²) in [5.41, 5.74) is 0.528. The largest absolute Gasteiger partial charge is 0.315 e. The van der Waals surface area contributed by atoms with E-state index >= 15 is 0 Å². The molecule has 106 valence electrons. The first-order valence-electron chi connectivity index (χ1n) is 7.69. The minimum absolute atomic E-state index is 0.528. The molecule has 0 bridgehead atoms. The fourth-order valence-electron chi connectivity index (χ4n) is 3.28. The van der Waals surface area contributed by atoms with Crippen molar-refractivity contribution in [2.75, 3.05) is 46.8 Å². The molecule has 1 unspecified atom stereocenters. The lowest BCUT2D eigenvalue weighted by Crippen LogP contribution is -2.47. The van der Waals surface area contributed by atoms with E-state index in [9.17, 15) is 0 Å². The quantitative estimate of drug-likeness (QED) is 0.824. The van der Waals surface area contributed by atoms with E-state index in [2.05, 4.69) is 36.1 Å². The number of hydrogen-bond acceptors (Lipinski definition) is 3. The summed E-state index contributed by atoms with van der Waals surface area (Å²) in [5, 5.41) is 3.75. The van der Waals surface area contributed by atoms with Crippen molar-refractivity contribution in [2.45, 2.75) is 45.1 Å². The van der Waals surface area contributed by atoms with E-state index in [0.717, 1.165) is 6.04 Å². The summed E-state index contributed by atoms with van der Waals surface area (Å²) in [7, 11) is 4.52. The van der Waals surface area contributed by atoms with Gasteiger partial charge in [0.05, 0.1) is 0 Å². The highest BCUT2D eigenvalue weighted by Gasteiger charge is 2.28. The van der Waals surface area contributed by atoms with E-state index in [1.807, 2.05) is 0 Å². The highest BCUT2D eigenvalue weighted by Crippen LogP contribution is 2.29. The van der Waals surface area contributed by atoms with Gasteiger partial charge in [0.15, 0.2) is 0 Å². The Labute approximate surface area is 113 Å². The Hall–Kier alpha value is -0.120. The smallest absolute Gasteiger partial charge is 0.0217 e. The van der Waals surface area contributed by atoms with Gasteiger partial charge in [-0.2, -0.15) is 0 Å². The molecule has 0 aromatic heterocycles. The third-order valence-electron chi connectivity index (χ3n) is 5.05.